The molecule has 2 aromatic rings. The summed E-state index contributed by atoms with van der Waals surface area (Å²) < 4.78 is 14.7. The van der Waals surface area contributed by atoms with Crippen LogP contribution in [0.2, 0.25) is 5.28 Å². The molecule has 1 aliphatic rings. The van der Waals surface area contributed by atoms with Crippen molar-refractivity contribution in [2.45, 2.75) is 65.0 Å². The lowest BCUT2D eigenvalue weighted by Gasteiger charge is -2.20. The third kappa shape index (κ3) is 8.72. The minimum Gasteiger partial charge on any atom is -0.378 e. The van der Waals surface area contributed by atoms with Crippen LogP contribution in [0.15, 0.2) is 24.3 Å². The Morgan fingerprint density at radius 1 is 1.29 bits per heavy atom. The highest BCUT2D eigenvalue weighted by atomic mass is 35.5. The predicted molar refractivity (Wildman–Crippen MR) is 121 cm³/mol. The third-order valence-corrected chi connectivity index (χ3v) is 5.42. The Morgan fingerprint density at radius 2 is 1.94 bits per heavy atom. The van der Waals surface area contributed by atoms with Gasteiger partial charge in [0.2, 0.25) is 11.7 Å². The highest BCUT2D eigenvalue weighted by Crippen LogP contribution is 2.22. The van der Waals surface area contributed by atoms with Crippen LogP contribution < -0.4 is 5.32 Å². The molecule has 0 bridgehead atoms. The maximum absolute atomic E-state index is 12.9. The Labute approximate surface area is 189 Å². The number of benzene rings is 1. The van der Waals surface area contributed by atoms with Crippen LogP contribution in [0.5, 0.6) is 0 Å². The number of carbonyl (C=O) groups excluding carboxylic acids is 1. The van der Waals surface area contributed by atoms with Crippen molar-refractivity contribution in [1.29, 1.82) is 0 Å². The zero-order chi connectivity index (χ0) is 22.9. The highest BCUT2D eigenvalue weighted by molar-refractivity contribution is 6.28. The van der Waals surface area contributed by atoms with Gasteiger partial charge < -0.3 is 15.0 Å². The van der Waals surface area contributed by atoms with Crippen molar-refractivity contribution in [2.24, 2.45) is 5.92 Å². The van der Waals surface area contributed by atoms with E-state index in [4.69, 9.17) is 11.6 Å². The summed E-state index contributed by atoms with van der Waals surface area (Å²) in [7, 11) is 0. The van der Waals surface area contributed by atoms with E-state index in [9.17, 15) is 14.3 Å². The Hall–Kier alpha value is -2.36. The molecule has 0 unspecified atom stereocenters. The minimum atomic E-state index is -1.08. The molecule has 0 saturated heterocycles. The maximum Gasteiger partial charge on any atom is 0.207 e. The second-order valence-electron chi connectivity index (χ2n) is 8.37. The van der Waals surface area contributed by atoms with Crippen molar-refractivity contribution in [1.82, 2.24) is 14.9 Å². The number of nitrogens with one attached hydrogen (secondary N) is 1. The Balaban J connectivity index is 0.000000285. The lowest BCUT2D eigenvalue weighted by Crippen LogP contribution is -2.22. The fourth-order valence-electron chi connectivity index (χ4n) is 3.39. The molecule has 0 spiro atoms. The molecule has 1 aromatic heterocycles. The number of aromatic nitrogens is 2. The summed E-state index contributed by atoms with van der Waals surface area (Å²) in [6.45, 7) is 6.45. The summed E-state index contributed by atoms with van der Waals surface area (Å²) >= 11 is 6.13. The Morgan fingerprint density at radius 3 is 2.52 bits per heavy atom. The van der Waals surface area contributed by atoms with Gasteiger partial charge in [-0.2, -0.15) is 0 Å². The van der Waals surface area contributed by atoms with Gasteiger partial charge in [0, 0.05) is 6.54 Å². The van der Waals surface area contributed by atoms with Gasteiger partial charge >= 0.3 is 0 Å². The van der Waals surface area contributed by atoms with E-state index in [1.807, 2.05) is 6.92 Å². The lowest BCUT2D eigenvalue weighted by atomic mass is 9.89. The number of nitrogens with zero attached hydrogens (tertiary/aromatic N) is 2. The van der Waals surface area contributed by atoms with Gasteiger partial charge in [0.15, 0.2) is 0 Å². The van der Waals surface area contributed by atoms with Crippen LogP contribution >= 0.6 is 11.6 Å². The first kappa shape index (κ1) is 24.9. The molecule has 5 nitrogen and oxygen atoms in total. The number of amides is 1. The van der Waals surface area contributed by atoms with E-state index < -0.39 is 5.60 Å². The average Bonchev–Trinajstić information content (AvgIpc) is 3.00. The SMILES string of the molecule is Cc1c(C#CC(C)(C)O)nc(Cl)n1Cc1ccc(F)cc1.O=CNCC1CCCCC1. The van der Waals surface area contributed by atoms with Crippen LogP contribution in [-0.2, 0) is 11.3 Å². The minimum absolute atomic E-state index is 0.274. The standard InChI is InChI=1S/C16H16ClFN2O.C8H15NO/c1-11-14(8-9-16(2,3)21)19-15(17)20(11)10-12-4-6-13(18)7-5-12;10-7-9-6-8-4-2-1-3-5-8/h4-7,21H,10H2,1-3H3;7-8H,1-6H2,(H,9,10). The quantitative estimate of drug-likeness (QED) is 0.525. The van der Waals surface area contributed by atoms with Gasteiger partial charge in [-0.25, -0.2) is 9.37 Å². The Kier molecular flexibility index (Phi) is 9.54. The van der Waals surface area contributed by atoms with Crippen molar-refractivity contribution in [3.05, 3.63) is 52.3 Å². The second-order valence-corrected chi connectivity index (χ2v) is 8.70. The molecular formula is C24H31ClFN3O2. The van der Waals surface area contributed by atoms with Gasteiger partial charge in [0.1, 0.15) is 17.1 Å². The van der Waals surface area contributed by atoms with Crippen LogP contribution in [0.1, 0.15) is 62.9 Å². The number of halogens is 2. The van der Waals surface area contributed by atoms with E-state index in [1.54, 1.807) is 30.5 Å². The molecule has 0 atom stereocenters. The van der Waals surface area contributed by atoms with E-state index in [1.165, 1.54) is 44.2 Å². The first-order valence-corrected chi connectivity index (χ1v) is 11.0. The fraction of sp³-hybridized carbons (Fsp3) is 0.500. The van der Waals surface area contributed by atoms with Gasteiger partial charge in [-0.15, -0.1) is 0 Å². The van der Waals surface area contributed by atoms with Gasteiger partial charge in [-0.1, -0.05) is 37.3 Å². The zero-order valence-electron chi connectivity index (χ0n) is 18.4. The molecule has 1 aliphatic carbocycles. The number of carbonyl (C=O) groups is 1. The number of imidazole rings is 1. The molecule has 1 aromatic carbocycles. The number of aliphatic hydroxyl groups is 1. The van der Waals surface area contributed by atoms with Gasteiger partial charge in [0.05, 0.1) is 12.2 Å². The van der Waals surface area contributed by atoms with Crippen LogP contribution in [0.25, 0.3) is 0 Å². The first-order chi connectivity index (χ1) is 14.7. The predicted octanol–water partition coefficient (Wildman–Crippen LogP) is 4.47. The van der Waals surface area contributed by atoms with Crippen LogP contribution in [0.4, 0.5) is 4.39 Å². The molecule has 1 saturated carbocycles. The number of hydrogen-bond acceptors (Lipinski definition) is 3. The largest absolute Gasteiger partial charge is 0.378 e. The zero-order valence-corrected chi connectivity index (χ0v) is 19.2. The molecular weight excluding hydrogens is 417 g/mol. The molecule has 1 fully saturated rings. The first-order valence-electron chi connectivity index (χ1n) is 10.6. The van der Waals surface area contributed by atoms with E-state index in [-0.39, 0.29) is 5.82 Å². The highest BCUT2D eigenvalue weighted by Gasteiger charge is 2.13. The van der Waals surface area contributed by atoms with Gasteiger partial charge in [-0.3, -0.25) is 4.79 Å². The lowest BCUT2D eigenvalue weighted by molar-refractivity contribution is -0.109. The topological polar surface area (TPSA) is 67.2 Å². The number of hydrogen-bond donors (Lipinski definition) is 2. The van der Waals surface area contributed by atoms with E-state index in [0.717, 1.165) is 30.1 Å². The smallest absolute Gasteiger partial charge is 0.207 e. The molecule has 0 radical (unpaired) electrons. The van der Waals surface area contributed by atoms with Crippen molar-refractivity contribution < 1.29 is 14.3 Å². The van der Waals surface area contributed by atoms with Gasteiger partial charge in [0.25, 0.3) is 0 Å². The van der Waals surface area contributed by atoms with Crippen LogP contribution in [-0.4, -0.2) is 33.2 Å². The van der Waals surface area contributed by atoms with Crippen molar-refractivity contribution in [3.8, 4) is 11.8 Å². The Bertz CT molecular complexity index is 902. The van der Waals surface area contributed by atoms with E-state index >= 15 is 0 Å². The summed E-state index contributed by atoms with van der Waals surface area (Å²) in [6, 6.07) is 6.22. The third-order valence-electron chi connectivity index (χ3n) is 5.13. The summed E-state index contributed by atoms with van der Waals surface area (Å²) in [4.78, 5) is 14.1. The molecule has 31 heavy (non-hydrogen) atoms. The molecule has 2 N–H and O–H groups in total. The normalized spacial score (nSPS) is 14.1. The summed E-state index contributed by atoms with van der Waals surface area (Å²) in [5, 5.41) is 12.7. The summed E-state index contributed by atoms with van der Waals surface area (Å²) in [5.41, 5.74) is 1.17. The maximum atomic E-state index is 12.9. The molecule has 1 heterocycles. The van der Waals surface area contributed by atoms with Crippen molar-refractivity contribution in [3.63, 3.8) is 0 Å². The van der Waals surface area contributed by atoms with Crippen LogP contribution in [0, 0.1) is 30.5 Å². The molecule has 168 valence electrons. The van der Waals surface area contributed by atoms with E-state index in [0.29, 0.717) is 17.5 Å². The number of rotatable bonds is 5. The monoisotopic (exact) mass is 447 g/mol. The fourth-order valence-corrected chi connectivity index (χ4v) is 3.66. The average molecular weight is 448 g/mol. The molecule has 7 heteroatoms. The summed E-state index contributed by atoms with van der Waals surface area (Å²) in [6.07, 6.45) is 7.50. The molecule has 1 amide bonds. The van der Waals surface area contributed by atoms with Crippen molar-refractivity contribution in [2.75, 3.05) is 6.54 Å². The van der Waals surface area contributed by atoms with Gasteiger partial charge in [-0.05, 0) is 74.7 Å². The van der Waals surface area contributed by atoms with Crippen molar-refractivity contribution >= 4 is 18.0 Å². The molecule has 3 rings (SSSR count). The molecule has 0 aliphatic heterocycles. The van der Waals surface area contributed by atoms with E-state index in [2.05, 4.69) is 22.1 Å². The van der Waals surface area contributed by atoms with Crippen LogP contribution in [0.3, 0.4) is 0 Å². The summed E-state index contributed by atoms with van der Waals surface area (Å²) in [5.74, 6) is 6.03. The second kappa shape index (κ2) is 11.9.